The molecular weight excluding hydrogens is 357 g/mol. The fourth-order valence-corrected chi connectivity index (χ4v) is 2.54. The Kier molecular flexibility index (Phi) is 4.65. The van der Waals surface area contributed by atoms with Crippen molar-refractivity contribution in [1.82, 2.24) is 9.55 Å². The molecule has 1 heterocycles. The lowest BCUT2D eigenvalue weighted by Crippen LogP contribution is -2.14. The van der Waals surface area contributed by atoms with Crippen molar-refractivity contribution in [3.05, 3.63) is 71.3 Å². The van der Waals surface area contributed by atoms with E-state index in [9.17, 15) is 18.0 Å². The highest BCUT2D eigenvalue weighted by molar-refractivity contribution is 6.05. The van der Waals surface area contributed by atoms with Crippen molar-refractivity contribution in [2.75, 3.05) is 11.1 Å². The third-order valence-electron chi connectivity index (χ3n) is 4.05. The number of nitrogens with one attached hydrogen (secondary N) is 1. The Labute approximate surface area is 153 Å². The van der Waals surface area contributed by atoms with Gasteiger partial charge in [-0.05, 0) is 49.7 Å². The van der Waals surface area contributed by atoms with Crippen molar-refractivity contribution in [3.63, 3.8) is 0 Å². The quantitative estimate of drug-likeness (QED) is 0.670. The minimum absolute atomic E-state index is 0.0234. The van der Waals surface area contributed by atoms with Crippen molar-refractivity contribution in [1.29, 1.82) is 0 Å². The molecule has 8 heteroatoms. The van der Waals surface area contributed by atoms with E-state index < -0.39 is 17.6 Å². The summed E-state index contributed by atoms with van der Waals surface area (Å²) in [5.74, 6) is -0.547. The first-order valence-electron chi connectivity index (χ1n) is 8.04. The van der Waals surface area contributed by atoms with E-state index in [1.807, 2.05) is 0 Å². The van der Waals surface area contributed by atoms with Crippen LogP contribution in [0.25, 0.3) is 5.69 Å². The van der Waals surface area contributed by atoms with Gasteiger partial charge in [-0.25, -0.2) is 4.98 Å². The molecule has 1 amide bonds. The number of alkyl halides is 3. The van der Waals surface area contributed by atoms with Crippen molar-refractivity contribution >= 4 is 17.3 Å². The van der Waals surface area contributed by atoms with Gasteiger partial charge in [-0.3, -0.25) is 4.79 Å². The third-order valence-corrected chi connectivity index (χ3v) is 4.05. The van der Waals surface area contributed by atoms with E-state index in [-0.39, 0.29) is 16.9 Å². The number of hydrogen-bond donors (Lipinski definition) is 2. The first-order chi connectivity index (χ1) is 12.6. The summed E-state index contributed by atoms with van der Waals surface area (Å²) in [4.78, 5) is 16.4. The molecule has 0 radical (unpaired) electrons. The predicted molar refractivity (Wildman–Crippen MR) is 96.8 cm³/mol. The minimum atomic E-state index is -4.56. The fraction of sp³-hybridized carbons (Fsp3) is 0.158. The van der Waals surface area contributed by atoms with Crippen LogP contribution in [0.15, 0.2) is 48.9 Å². The normalized spacial score (nSPS) is 11.4. The fourth-order valence-electron chi connectivity index (χ4n) is 2.54. The van der Waals surface area contributed by atoms with Crippen molar-refractivity contribution < 1.29 is 18.0 Å². The number of rotatable bonds is 3. The Hall–Kier alpha value is -3.29. The third kappa shape index (κ3) is 4.11. The SMILES string of the molecule is Cc1cn(-c2cc(NC(=O)c3ccc(C)c(N)c3)cc(C(F)(F)F)c2)cn1. The van der Waals surface area contributed by atoms with E-state index in [0.29, 0.717) is 11.4 Å². The largest absolute Gasteiger partial charge is 0.416 e. The number of nitrogens with zero attached hydrogens (tertiary/aromatic N) is 2. The molecule has 0 aliphatic heterocycles. The number of carbonyl (C=O) groups excluding carboxylic acids is 1. The van der Waals surface area contributed by atoms with Crippen LogP contribution in [0.5, 0.6) is 0 Å². The molecule has 0 fully saturated rings. The van der Waals surface area contributed by atoms with E-state index >= 15 is 0 Å². The van der Waals surface area contributed by atoms with E-state index in [2.05, 4.69) is 10.3 Å². The number of nitrogen functional groups attached to an aromatic ring is 1. The second-order valence-electron chi connectivity index (χ2n) is 6.21. The van der Waals surface area contributed by atoms with Gasteiger partial charge in [-0.2, -0.15) is 13.2 Å². The first kappa shape index (κ1) is 18.5. The summed E-state index contributed by atoms with van der Waals surface area (Å²) in [6, 6.07) is 8.07. The highest BCUT2D eigenvalue weighted by Gasteiger charge is 2.31. The average molecular weight is 374 g/mol. The van der Waals surface area contributed by atoms with Crippen LogP contribution in [0.2, 0.25) is 0 Å². The first-order valence-corrected chi connectivity index (χ1v) is 8.04. The van der Waals surface area contributed by atoms with Crippen LogP contribution in [-0.2, 0) is 6.18 Å². The van der Waals surface area contributed by atoms with E-state index in [4.69, 9.17) is 5.73 Å². The molecule has 0 aliphatic rings. The summed E-state index contributed by atoms with van der Waals surface area (Å²) < 4.78 is 41.3. The summed E-state index contributed by atoms with van der Waals surface area (Å²) in [5, 5.41) is 2.51. The lowest BCUT2D eigenvalue weighted by Gasteiger charge is -2.14. The molecule has 3 rings (SSSR count). The van der Waals surface area contributed by atoms with Gasteiger partial charge in [0, 0.05) is 28.8 Å². The monoisotopic (exact) mass is 374 g/mol. The smallest absolute Gasteiger partial charge is 0.398 e. The van der Waals surface area contributed by atoms with Crippen LogP contribution in [0.4, 0.5) is 24.5 Å². The van der Waals surface area contributed by atoms with Gasteiger partial charge in [-0.15, -0.1) is 0 Å². The molecule has 3 N–H and O–H groups in total. The Balaban J connectivity index is 1.98. The summed E-state index contributed by atoms with van der Waals surface area (Å²) in [7, 11) is 0. The van der Waals surface area contributed by atoms with Gasteiger partial charge in [0.05, 0.1) is 17.6 Å². The van der Waals surface area contributed by atoms with Gasteiger partial charge >= 0.3 is 6.18 Å². The number of aromatic nitrogens is 2. The highest BCUT2D eigenvalue weighted by atomic mass is 19.4. The second kappa shape index (κ2) is 6.79. The van der Waals surface area contributed by atoms with E-state index in [1.54, 1.807) is 32.2 Å². The Morgan fingerprint density at radius 3 is 2.48 bits per heavy atom. The van der Waals surface area contributed by atoms with Crippen molar-refractivity contribution in [2.24, 2.45) is 0 Å². The van der Waals surface area contributed by atoms with Crippen LogP contribution in [0.1, 0.15) is 27.2 Å². The van der Waals surface area contributed by atoms with Gasteiger partial charge in [0.2, 0.25) is 0 Å². The number of benzene rings is 2. The number of halogens is 3. The molecule has 0 aliphatic carbocycles. The molecule has 0 saturated carbocycles. The molecule has 0 saturated heterocycles. The van der Waals surface area contributed by atoms with E-state index in [0.717, 1.165) is 17.7 Å². The van der Waals surface area contributed by atoms with E-state index in [1.165, 1.54) is 23.0 Å². The molecule has 27 heavy (non-hydrogen) atoms. The van der Waals surface area contributed by atoms with Gasteiger partial charge in [0.15, 0.2) is 0 Å². The Morgan fingerprint density at radius 1 is 1.15 bits per heavy atom. The van der Waals surface area contributed by atoms with Crippen LogP contribution in [-0.4, -0.2) is 15.5 Å². The summed E-state index contributed by atoms with van der Waals surface area (Å²) in [6.45, 7) is 3.53. The Bertz CT molecular complexity index is 1010. The number of imidazole rings is 1. The molecule has 0 spiro atoms. The van der Waals surface area contributed by atoms with Crippen LogP contribution < -0.4 is 11.1 Å². The van der Waals surface area contributed by atoms with Crippen molar-refractivity contribution in [2.45, 2.75) is 20.0 Å². The lowest BCUT2D eigenvalue weighted by atomic mass is 10.1. The van der Waals surface area contributed by atoms with Gasteiger partial charge in [0.25, 0.3) is 5.91 Å². The van der Waals surface area contributed by atoms with Crippen molar-refractivity contribution in [3.8, 4) is 5.69 Å². The zero-order valence-electron chi connectivity index (χ0n) is 14.6. The topological polar surface area (TPSA) is 72.9 Å². The molecule has 0 unspecified atom stereocenters. The summed E-state index contributed by atoms with van der Waals surface area (Å²) in [5.41, 5.74) is 7.35. The second-order valence-corrected chi connectivity index (χ2v) is 6.21. The highest BCUT2D eigenvalue weighted by Crippen LogP contribution is 2.33. The van der Waals surface area contributed by atoms with Crippen LogP contribution >= 0.6 is 0 Å². The van der Waals surface area contributed by atoms with Crippen LogP contribution in [0.3, 0.4) is 0 Å². The number of anilines is 2. The number of amides is 1. The maximum atomic E-state index is 13.3. The molecule has 2 aromatic carbocycles. The van der Waals surface area contributed by atoms with Crippen LogP contribution in [0, 0.1) is 13.8 Å². The zero-order chi connectivity index (χ0) is 19.8. The van der Waals surface area contributed by atoms with Gasteiger partial charge < -0.3 is 15.6 Å². The summed E-state index contributed by atoms with van der Waals surface area (Å²) >= 11 is 0. The molecular formula is C19H17F3N4O. The molecule has 5 nitrogen and oxygen atoms in total. The molecule has 1 aromatic heterocycles. The number of nitrogens with two attached hydrogens (primary N) is 1. The number of carbonyl (C=O) groups is 1. The van der Waals surface area contributed by atoms with Gasteiger partial charge in [0.1, 0.15) is 0 Å². The standard InChI is InChI=1S/C19H17F3N4O/c1-11-3-4-13(5-17(11)23)18(27)25-15-6-14(19(20,21)22)7-16(8-15)26-9-12(2)24-10-26/h3-10H,23H2,1-2H3,(H,25,27). The number of hydrogen-bond acceptors (Lipinski definition) is 3. The number of aryl methyl sites for hydroxylation is 2. The molecule has 3 aromatic rings. The molecule has 0 bridgehead atoms. The maximum Gasteiger partial charge on any atom is 0.416 e. The average Bonchev–Trinajstić information content (AvgIpc) is 3.02. The summed E-state index contributed by atoms with van der Waals surface area (Å²) in [6.07, 6.45) is -1.54. The molecule has 140 valence electrons. The van der Waals surface area contributed by atoms with Gasteiger partial charge in [-0.1, -0.05) is 6.07 Å². The maximum absolute atomic E-state index is 13.3. The predicted octanol–water partition coefficient (Wildman–Crippen LogP) is 4.34. The molecule has 0 atom stereocenters. The zero-order valence-corrected chi connectivity index (χ0v) is 14.6. The minimum Gasteiger partial charge on any atom is -0.398 e. The lowest BCUT2D eigenvalue weighted by molar-refractivity contribution is -0.137. The Morgan fingerprint density at radius 2 is 1.89 bits per heavy atom.